The van der Waals surface area contributed by atoms with E-state index in [0.717, 1.165) is 31.8 Å². The molecule has 0 aliphatic rings. The molecular formula is C33H27ClIN3O3. The fraction of sp³-hybridized carbons (Fsp3) is 0.0909. The van der Waals surface area contributed by atoms with Crippen molar-refractivity contribution >= 4 is 46.3 Å². The first-order valence-corrected chi connectivity index (χ1v) is 14.3. The molecule has 0 atom stereocenters. The van der Waals surface area contributed by atoms with Crippen LogP contribution in [0, 0.1) is 10.5 Å². The standard InChI is InChI=1S/C33H27ClIN3O3/c1-22-8-17-30(25-6-4-3-5-7-25)38(22)28-15-11-26(12-16-28)33(39)37-36-20-24-18-29(34)32(31(19-24)40-2)41-21-23-9-13-27(35)14-10-23/h3-20H,21H2,1-2H3,(H,37,39)/b36-20+. The zero-order chi connectivity index (χ0) is 28.8. The van der Waals surface area contributed by atoms with Gasteiger partial charge in [-0.15, -0.1) is 0 Å². The van der Waals surface area contributed by atoms with Gasteiger partial charge in [0.05, 0.1) is 24.0 Å². The lowest BCUT2D eigenvalue weighted by molar-refractivity contribution is 0.0955. The minimum absolute atomic E-state index is 0.323. The average molecular weight is 676 g/mol. The van der Waals surface area contributed by atoms with Crippen molar-refractivity contribution in [2.75, 3.05) is 7.11 Å². The predicted octanol–water partition coefficient (Wildman–Crippen LogP) is 8.06. The van der Waals surface area contributed by atoms with Crippen molar-refractivity contribution in [1.82, 2.24) is 9.99 Å². The number of aryl methyl sites for hydroxylation is 1. The Bertz CT molecular complexity index is 1680. The van der Waals surface area contributed by atoms with Crippen LogP contribution in [0.25, 0.3) is 16.9 Å². The third-order valence-corrected chi connectivity index (χ3v) is 7.46. The summed E-state index contributed by atoms with van der Waals surface area (Å²) in [4.78, 5) is 12.8. The number of hydrogen-bond donors (Lipinski definition) is 1. The smallest absolute Gasteiger partial charge is 0.271 e. The molecule has 206 valence electrons. The molecule has 1 N–H and O–H groups in total. The molecule has 0 bridgehead atoms. The van der Waals surface area contributed by atoms with Crippen LogP contribution in [0.15, 0.2) is 108 Å². The normalized spacial score (nSPS) is 11.0. The van der Waals surface area contributed by atoms with Crippen LogP contribution in [0.4, 0.5) is 0 Å². The SMILES string of the molecule is COc1cc(/C=N/NC(=O)c2ccc(-n3c(C)ccc3-c3ccccc3)cc2)cc(Cl)c1OCc1ccc(I)cc1. The number of carbonyl (C=O) groups is 1. The molecule has 0 radical (unpaired) electrons. The minimum Gasteiger partial charge on any atom is -0.493 e. The number of ether oxygens (including phenoxy) is 2. The molecule has 4 aromatic carbocycles. The summed E-state index contributed by atoms with van der Waals surface area (Å²) in [6.45, 7) is 2.41. The van der Waals surface area contributed by atoms with E-state index >= 15 is 0 Å². The summed E-state index contributed by atoms with van der Waals surface area (Å²) in [6, 6.07) is 33.3. The largest absolute Gasteiger partial charge is 0.493 e. The van der Waals surface area contributed by atoms with Gasteiger partial charge in [0.25, 0.3) is 5.91 Å². The summed E-state index contributed by atoms with van der Waals surface area (Å²) in [5.74, 6) is 0.597. The summed E-state index contributed by atoms with van der Waals surface area (Å²) in [5.41, 5.74) is 9.03. The van der Waals surface area contributed by atoms with Crippen molar-refractivity contribution in [3.05, 3.63) is 134 Å². The lowest BCUT2D eigenvalue weighted by Crippen LogP contribution is -2.17. The Morgan fingerprint density at radius 2 is 1.71 bits per heavy atom. The summed E-state index contributed by atoms with van der Waals surface area (Å²) in [7, 11) is 1.55. The van der Waals surface area contributed by atoms with Gasteiger partial charge in [-0.1, -0.05) is 54.1 Å². The van der Waals surface area contributed by atoms with Crippen molar-refractivity contribution in [1.29, 1.82) is 0 Å². The molecule has 8 heteroatoms. The van der Waals surface area contributed by atoms with Crippen molar-refractivity contribution in [3.63, 3.8) is 0 Å². The second-order valence-corrected chi connectivity index (χ2v) is 10.9. The third-order valence-electron chi connectivity index (χ3n) is 6.46. The van der Waals surface area contributed by atoms with Crippen LogP contribution >= 0.6 is 34.2 Å². The molecule has 0 aliphatic carbocycles. The number of benzene rings is 4. The number of nitrogens with zero attached hydrogens (tertiary/aromatic N) is 2. The number of hydrogen-bond acceptors (Lipinski definition) is 4. The van der Waals surface area contributed by atoms with Gasteiger partial charge in [0.1, 0.15) is 6.61 Å². The Hall–Kier alpha value is -4.08. The lowest BCUT2D eigenvalue weighted by atomic mass is 10.1. The number of rotatable bonds is 9. The molecule has 0 spiro atoms. The summed E-state index contributed by atoms with van der Waals surface area (Å²) >= 11 is 8.76. The molecule has 0 fully saturated rings. The zero-order valence-corrected chi connectivity index (χ0v) is 25.4. The van der Waals surface area contributed by atoms with E-state index in [9.17, 15) is 4.79 Å². The highest BCUT2D eigenvalue weighted by Crippen LogP contribution is 2.36. The van der Waals surface area contributed by atoms with Crippen LogP contribution in [0.2, 0.25) is 5.02 Å². The Balaban J connectivity index is 1.25. The van der Waals surface area contributed by atoms with Gasteiger partial charge in [0.2, 0.25) is 0 Å². The second kappa shape index (κ2) is 13.1. The summed E-state index contributed by atoms with van der Waals surface area (Å²) in [5, 5.41) is 4.50. The topological polar surface area (TPSA) is 64.8 Å². The number of nitrogens with one attached hydrogen (secondary N) is 1. The molecule has 1 aromatic heterocycles. The highest BCUT2D eigenvalue weighted by Gasteiger charge is 2.13. The van der Waals surface area contributed by atoms with Gasteiger partial charge in [0, 0.05) is 20.5 Å². The third kappa shape index (κ3) is 6.81. The van der Waals surface area contributed by atoms with Crippen molar-refractivity contribution in [3.8, 4) is 28.4 Å². The van der Waals surface area contributed by atoms with Gasteiger partial charge in [-0.2, -0.15) is 5.10 Å². The maximum Gasteiger partial charge on any atom is 0.271 e. The van der Waals surface area contributed by atoms with Crippen LogP contribution in [0.3, 0.4) is 0 Å². The van der Waals surface area contributed by atoms with Gasteiger partial charge in [0.15, 0.2) is 11.5 Å². The zero-order valence-electron chi connectivity index (χ0n) is 22.5. The lowest BCUT2D eigenvalue weighted by Gasteiger charge is -2.13. The molecular weight excluding hydrogens is 649 g/mol. The molecule has 1 heterocycles. The Labute approximate surface area is 257 Å². The second-order valence-electron chi connectivity index (χ2n) is 9.26. The number of aromatic nitrogens is 1. The fourth-order valence-electron chi connectivity index (χ4n) is 4.40. The van der Waals surface area contributed by atoms with E-state index in [2.05, 4.69) is 68.9 Å². The monoisotopic (exact) mass is 675 g/mol. The minimum atomic E-state index is -0.323. The first-order valence-electron chi connectivity index (χ1n) is 12.9. The molecule has 0 unspecified atom stereocenters. The maximum atomic E-state index is 12.8. The number of hydrazone groups is 1. The number of carbonyl (C=O) groups excluding carboxylic acids is 1. The fourth-order valence-corrected chi connectivity index (χ4v) is 5.03. The maximum absolute atomic E-state index is 12.8. The first kappa shape index (κ1) is 28.4. The summed E-state index contributed by atoms with van der Waals surface area (Å²) < 4.78 is 14.8. The van der Waals surface area contributed by atoms with Crippen LogP contribution in [-0.4, -0.2) is 23.8 Å². The molecule has 5 aromatic rings. The van der Waals surface area contributed by atoms with E-state index < -0.39 is 0 Å². The van der Waals surface area contributed by atoms with E-state index in [1.54, 1.807) is 31.4 Å². The van der Waals surface area contributed by atoms with E-state index in [1.165, 1.54) is 6.21 Å². The van der Waals surface area contributed by atoms with E-state index in [1.807, 2.05) is 54.6 Å². The van der Waals surface area contributed by atoms with Gasteiger partial charge < -0.3 is 14.0 Å². The van der Waals surface area contributed by atoms with Crippen LogP contribution in [0.1, 0.15) is 27.2 Å². The predicted molar refractivity (Wildman–Crippen MR) is 172 cm³/mol. The van der Waals surface area contributed by atoms with E-state index in [0.29, 0.717) is 34.3 Å². The summed E-state index contributed by atoms with van der Waals surface area (Å²) in [6.07, 6.45) is 1.51. The van der Waals surface area contributed by atoms with Gasteiger partial charge in [-0.25, -0.2) is 5.43 Å². The number of methoxy groups -OCH3 is 1. The van der Waals surface area contributed by atoms with Gasteiger partial charge in [-0.3, -0.25) is 4.79 Å². The quantitative estimate of drug-likeness (QED) is 0.0977. The van der Waals surface area contributed by atoms with E-state index in [4.69, 9.17) is 21.1 Å². The van der Waals surface area contributed by atoms with Crippen LogP contribution in [-0.2, 0) is 6.61 Å². The Morgan fingerprint density at radius 1 is 0.976 bits per heavy atom. The van der Waals surface area contributed by atoms with Crippen LogP contribution < -0.4 is 14.9 Å². The molecule has 0 saturated carbocycles. The van der Waals surface area contributed by atoms with E-state index in [-0.39, 0.29) is 5.91 Å². The highest BCUT2D eigenvalue weighted by atomic mass is 127. The number of halogens is 2. The van der Waals surface area contributed by atoms with Gasteiger partial charge >= 0.3 is 0 Å². The Morgan fingerprint density at radius 3 is 2.41 bits per heavy atom. The van der Waals surface area contributed by atoms with Crippen molar-refractivity contribution in [2.24, 2.45) is 5.10 Å². The van der Waals surface area contributed by atoms with Crippen molar-refractivity contribution in [2.45, 2.75) is 13.5 Å². The average Bonchev–Trinajstić information content (AvgIpc) is 3.38. The van der Waals surface area contributed by atoms with Crippen molar-refractivity contribution < 1.29 is 14.3 Å². The molecule has 6 nitrogen and oxygen atoms in total. The molecule has 5 rings (SSSR count). The van der Waals surface area contributed by atoms with Crippen LogP contribution in [0.5, 0.6) is 11.5 Å². The number of amides is 1. The molecule has 0 aliphatic heterocycles. The molecule has 0 saturated heterocycles. The molecule has 1 amide bonds. The Kier molecular flexibility index (Phi) is 9.06. The molecule has 41 heavy (non-hydrogen) atoms. The first-order chi connectivity index (χ1) is 19.9. The highest BCUT2D eigenvalue weighted by molar-refractivity contribution is 14.1. The van der Waals surface area contributed by atoms with Gasteiger partial charge in [-0.05, 0) is 107 Å².